The van der Waals surface area contributed by atoms with Crippen LogP contribution in [0.15, 0.2) is 57.7 Å². The average Bonchev–Trinajstić information content (AvgIpc) is 3.48. The molecule has 5 rings (SSSR count). The zero-order valence-electron chi connectivity index (χ0n) is 19.7. The van der Waals surface area contributed by atoms with Crippen LogP contribution in [0.3, 0.4) is 0 Å². The highest BCUT2D eigenvalue weighted by molar-refractivity contribution is 7.92. The summed E-state index contributed by atoms with van der Waals surface area (Å²) in [6, 6.07) is 9.87. The number of anilines is 2. The highest BCUT2D eigenvalue weighted by Gasteiger charge is 2.34. The van der Waals surface area contributed by atoms with Gasteiger partial charge in [-0.25, -0.2) is 27.2 Å². The van der Waals surface area contributed by atoms with Crippen LogP contribution in [0, 0.1) is 5.82 Å². The predicted octanol–water partition coefficient (Wildman–Crippen LogP) is 3.47. The molecule has 0 radical (unpaired) electrons. The van der Waals surface area contributed by atoms with E-state index >= 15 is 4.39 Å². The molecule has 0 bridgehead atoms. The molecule has 2 aliphatic heterocycles. The summed E-state index contributed by atoms with van der Waals surface area (Å²) >= 11 is 6.51. The fourth-order valence-electron chi connectivity index (χ4n) is 4.19. The Bertz CT molecular complexity index is 1640. The van der Waals surface area contributed by atoms with Gasteiger partial charge in [-0.2, -0.15) is 0 Å². The fourth-order valence-corrected chi connectivity index (χ4v) is 6.58. The number of likely N-dealkylation sites (N-methyl/N-ethyl adjacent to an activating group) is 1. The Morgan fingerprint density at radius 2 is 1.92 bits per heavy atom. The zero-order valence-corrected chi connectivity index (χ0v) is 22.1. The van der Waals surface area contributed by atoms with E-state index in [0.29, 0.717) is 12.1 Å². The van der Waals surface area contributed by atoms with Crippen LogP contribution in [0.2, 0.25) is 4.34 Å². The van der Waals surface area contributed by atoms with Gasteiger partial charge < -0.3 is 10.2 Å². The van der Waals surface area contributed by atoms with Gasteiger partial charge in [0.2, 0.25) is 5.91 Å². The number of nitrogens with one attached hydrogen (secondary N) is 2. The van der Waals surface area contributed by atoms with Gasteiger partial charge in [-0.3, -0.25) is 14.6 Å². The maximum absolute atomic E-state index is 15.1. The first-order valence-corrected chi connectivity index (χ1v) is 13.9. The molecule has 2 N–H and O–H groups in total. The SMILES string of the molecule is CN1CCN=C1c1ccc2c(c1)CC(=O)N(c1ccc(NC(=O)NS(=O)(=O)c3ccc(Cl)s3)cc1F)C2=O. The van der Waals surface area contributed by atoms with Gasteiger partial charge >= 0.3 is 6.03 Å². The number of fused-ring (bicyclic) bond motifs is 1. The third-order valence-electron chi connectivity index (χ3n) is 5.93. The smallest absolute Gasteiger partial charge is 0.333 e. The molecule has 14 heteroatoms. The van der Waals surface area contributed by atoms with Crippen molar-refractivity contribution in [3.63, 3.8) is 0 Å². The number of carbonyl (C=O) groups excluding carboxylic acids is 3. The van der Waals surface area contributed by atoms with Crippen LogP contribution in [0.5, 0.6) is 0 Å². The van der Waals surface area contributed by atoms with Gasteiger partial charge in [-0.05, 0) is 48.0 Å². The van der Waals surface area contributed by atoms with E-state index in [1.54, 1.807) is 22.9 Å². The Kier molecular flexibility index (Phi) is 6.67. The Hall–Kier alpha value is -3.81. The number of benzene rings is 2. The molecule has 2 aromatic carbocycles. The number of amidine groups is 1. The maximum atomic E-state index is 15.1. The normalized spacial score (nSPS) is 15.4. The molecule has 38 heavy (non-hydrogen) atoms. The van der Waals surface area contributed by atoms with E-state index in [-0.39, 0.29) is 31.9 Å². The van der Waals surface area contributed by atoms with E-state index in [0.717, 1.165) is 46.3 Å². The molecule has 1 aromatic heterocycles. The largest absolute Gasteiger partial charge is 0.358 e. The average molecular weight is 576 g/mol. The molecule has 10 nitrogen and oxygen atoms in total. The van der Waals surface area contributed by atoms with E-state index < -0.39 is 33.7 Å². The lowest BCUT2D eigenvalue weighted by atomic mass is 9.95. The number of sulfonamides is 1. The van der Waals surface area contributed by atoms with Crippen molar-refractivity contribution >= 4 is 68.0 Å². The molecule has 0 fully saturated rings. The summed E-state index contributed by atoms with van der Waals surface area (Å²) in [5, 5.41) is 2.22. The summed E-state index contributed by atoms with van der Waals surface area (Å²) in [6.45, 7) is 1.45. The van der Waals surface area contributed by atoms with Gasteiger partial charge in [0.05, 0.1) is 23.0 Å². The molecule has 0 spiro atoms. The van der Waals surface area contributed by atoms with Crippen LogP contribution in [0.1, 0.15) is 21.5 Å². The third-order valence-corrected chi connectivity index (χ3v) is 8.99. The highest BCUT2D eigenvalue weighted by Crippen LogP contribution is 2.30. The number of aliphatic imine (C=N–C) groups is 1. The van der Waals surface area contributed by atoms with Gasteiger partial charge in [0.25, 0.3) is 15.9 Å². The minimum Gasteiger partial charge on any atom is -0.358 e. The van der Waals surface area contributed by atoms with E-state index in [1.165, 1.54) is 18.2 Å². The van der Waals surface area contributed by atoms with Crippen molar-refractivity contribution < 1.29 is 27.2 Å². The molecule has 4 amide bonds. The second kappa shape index (κ2) is 9.82. The minimum absolute atomic E-state index is 0.0911. The van der Waals surface area contributed by atoms with Crippen LogP contribution in [-0.2, 0) is 21.2 Å². The van der Waals surface area contributed by atoms with E-state index in [9.17, 15) is 22.8 Å². The van der Waals surface area contributed by atoms with Crippen molar-refractivity contribution in [3.8, 4) is 0 Å². The second-order valence-corrected chi connectivity index (χ2v) is 12.1. The second-order valence-electron chi connectivity index (χ2n) is 8.49. The quantitative estimate of drug-likeness (QED) is 0.448. The maximum Gasteiger partial charge on any atom is 0.333 e. The van der Waals surface area contributed by atoms with Crippen LogP contribution in [0.25, 0.3) is 0 Å². The summed E-state index contributed by atoms with van der Waals surface area (Å²) in [6.07, 6.45) is -0.113. The lowest BCUT2D eigenvalue weighted by Gasteiger charge is -2.28. The van der Waals surface area contributed by atoms with Crippen LogP contribution in [0.4, 0.5) is 20.6 Å². The Morgan fingerprint density at radius 3 is 2.58 bits per heavy atom. The van der Waals surface area contributed by atoms with Crippen molar-refractivity contribution in [2.75, 3.05) is 30.4 Å². The summed E-state index contributed by atoms with van der Waals surface area (Å²) in [5.74, 6) is -1.47. The number of halogens is 2. The van der Waals surface area contributed by atoms with Crippen LogP contribution < -0.4 is 14.9 Å². The number of amides is 4. The first kappa shape index (κ1) is 25.8. The van der Waals surface area contributed by atoms with Gasteiger partial charge in [-0.1, -0.05) is 17.7 Å². The lowest BCUT2D eigenvalue weighted by Crippen LogP contribution is -2.43. The highest BCUT2D eigenvalue weighted by atomic mass is 35.5. The molecule has 0 aliphatic carbocycles. The summed E-state index contributed by atoms with van der Waals surface area (Å²) in [7, 11) is -2.27. The number of carbonyl (C=O) groups is 3. The zero-order chi connectivity index (χ0) is 27.2. The third kappa shape index (κ3) is 4.87. The molecular formula is C24H19ClFN5O5S2. The molecular weight excluding hydrogens is 557 g/mol. The van der Waals surface area contributed by atoms with Gasteiger partial charge in [0, 0.05) is 30.4 Å². The molecule has 3 aromatic rings. The lowest BCUT2D eigenvalue weighted by molar-refractivity contribution is -0.117. The summed E-state index contributed by atoms with van der Waals surface area (Å²) in [4.78, 5) is 45.5. The number of urea groups is 1. The monoisotopic (exact) mass is 575 g/mol. The Labute approximate surface area is 225 Å². The Balaban J connectivity index is 1.33. The van der Waals surface area contributed by atoms with Crippen molar-refractivity contribution in [1.82, 2.24) is 9.62 Å². The Morgan fingerprint density at radius 1 is 1.13 bits per heavy atom. The van der Waals surface area contributed by atoms with Crippen LogP contribution in [-0.4, -0.2) is 57.1 Å². The summed E-state index contributed by atoms with van der Waals surface area (Å²) in [5.41, 5.74) is 1.21. The predicted molar refractivity (Wildman–Crippen MR) is 141 cm³/mol. The number of imide groups is 1. The molecule has 0 saturated carbocycles. The standard InChI is InChI=1S/C24H19ClFN5O5S2/c1-30-9-8-27-22(30)13-2-4-16-14(10-13)11-20(32)31(23(16)33)18-5-3-15(12-17(18)26)28-24(34)29-38(35,36)21-7-6-19(25)37-21/h2-7,10,12H,8-9,11H2,1H3,(H2,28,29,34). The number of hydrogen-bond acceptors (Lipinski definition) is 8. The van der Waals surface area contributed by atoms with Gasteiger partial charge in [0.1, 0.15) is 15.9 Å². The first-order chi connectivity index (χ1) is 18.0. The van der Waals surface area contributed by atoms with Crippen molar-refractivity contribution in [2.45, 2.75) is 10.6 Å². The van der Waals surface area contributed by atoms with Crippen LogP contribution >= 0.6 is 22.9 Å². The summed E-state index contributed by atoms with van der Waals surface area (Å²) < 4.78 is 41.5. The van der Waals surface area contributed by atoms with Crippen molar-refractivity contribution in [1.29, 1.82) is 0 Å². The molecule has 2 aliphatic rings. The van der Waals surface area contributed by atoms with E-state index in [4.69, 9.17) is 11.6 Å². The molecule has 196 valence electrons. The number of hydrogen-bond donors (Lipinski definition) is 2. The molecule has 0 atom stereocenters. The number of thiophene rings is 1. The van der Waals surface area contributed by atoms with Gasteiger partial charge in [-0.15, -0.1) is 11.3 Å². The fraction of sp³-hybridized carbons (Fsp3) is 0.167. The molecule has 0 unspecified atom stereocenters. The van der Waals surface area contributed by atoms with E-state index in [1.807, 2.05) is 11.9 Å². The van der Waals surface area contributed by atoms with Crippen molar-refractivity contribution in [2.24, 2.45) is 4.99 Å². The van der Waals surface area contributed by atoms with Gasteiger partial charge in [0.15, 0.2) is 0 Å². The minimum atomic E-state index is -4.18. The van der Waals surface area contributed by atoms with Crippen molar-refractivity contribution in [3.05, 3.63) is 75.4 Å². The molecule has 0 saturated heterocycles. The molecule has 3 heterocycles. The van der Waals surface area contributed by atoms with E-state index in [2.05, 4.69) is 10.3 Å². The first-order valence-electron chi connectivity index (χ1n) is 11.2. The number of rotatable bonds is 5. The number of nitrogens with zero attached hydrogens (tertiary/aromatic N) is 3. The topological polar surface area (TPSA) is 128 Å².